The van der Waals surface area contributed by atoms with Gasteiger partial charge in [-0.25, -0.2) is 0 Å². The molecule has 1 aromatic rings. The Hall–Kier alpha value is -1.31. The van der Waals surface area contributed by atoms with Gasteiger partial charge in [0.15, 0.2) is 5.78 Å². The van der Waals surface area contributed by atoms with Crippen molar-refractivity contribution < 1.29 is 9.53 Å². The molecule has 0 saturated heterocycles. The largest absolute Gasteiger partial charge is 0.491 e. The molecule has 0 saturated carbocycles. The highest BCUT2D eigenvalue weighted by molar-refractivity contribution is 5.94. The predicted molar refractivity (Wildman–Crippen MR) is 56.9 cm³/mol. The van der Waals surface area contributed by atoms with E-state index in [1.165, 1.54) is 0 Å². The third-order valence-corrected chi connectivity index (χ3v) is 1.94. The summed E-state index contributed by atoms with van der Waals surface area (Å²) in [5.41, 5.74) is 1.74. The Morgan fingerprint density at radius 3 is 2.43 bits per heavy atom. The standard InChI is InChI=1S/C12H16O2/c1-8(2)14-12-6-5-11(10(4)13)7-9(12)3/h5-8H,1-4H3. The fourth-order valence-electron chi connectivity index (χ4n) is 1.25. The lowest BCUT2D eigenvalue weighted by Crippen LogP contribution is -2.07. The van der Waals surface area contributed by atoms with Crippen LogP contribution in [0.2, 0.25) is 0 Å². The monoisotopic (exact) mass is 192 g/mol. The molecule has 0 N–H and O–H groups in total. The van der Waals surface area contributed by atoms with Gasteiger partial charge in [0.1, 0.15) is 5.75 Å². The summed E-state index contributed by atoms with van der Waals surface area (Å²) in [6.07, 6.45) is 0.164. The number of rotatable bonds is 3. The van der Waals surface area contributed by atoms with Gasteiger partial charge in [0.25, 0.3) is 0 Å². The Bertz CT molecular complexity index is 340. The molecule has 0 radical (unpaired) electrons. The first-order valence-electron chi connectivity index (χ1n) is 4.79. The zero-order chi connectivity index (χ0) is 10.7. The van der Waals surface area contributed by atoms with Crippen LogP contribution in [0.3, 0.4) is 0 Å². The summed E-state index contributed by atoms with van der Waals surface area (Å²) in [7, 11) is 0. The van der Waals surface area contributed by atoms with Crippen LogP contribution in [0.4, 0.5) is 0 Å². The summed E-state index contributed by atoms with van der Waals surface area (Å²) in [6, 6.07) is 5.51. The summed E-state index contributed by atoms with van der Waals surface area (Å²) in [5.74, 6) is 0.939. The first-order chi connectivity index (χ1) is 6.50. The molecule has 76 valence electrons. The summed E-state index contributed by atoms with van der Waals surface area (Å²) < 4.78 is 5.57. The molecule has 0 aliphatic heterocycles. The number of carbonyl (C=O) groups excluding carboxylic acids is 1. The predicted octanol–water partition coefficient (Wildman–Crippen LogP) is 2.98. The normalized spacial score (nSPS) is 10.4. The maximum absolute atomic E-state index is 11.1. The van der Waals surface area contributed by atoms with Gasteiger partial charge in [-0.2, -0.15) is 0 Å². The molecule has 0 fully saturated rings. The van der Waals surface area contributed by atoms with Gasteiger partial charge in [0.05, 0.1) is 6.10 Å². The Kier molecular flexibility index (Phi) is 3.28. The van der Waals surface area contributed by atoms with Crippen LogP contribution < -0.4 is 4.74 Å². The number of aryl methyl sites for hydroxylation is 1. The number of Topliss-reactive ketones (excluding diaryl/α,β-unsaturated/α-hetero) is 1. The van der Waals surface area contributed by atoms with Gasteiger partial charge in [-0.15, -0.1) is 0 Å². The molecule has 0 aliphatic carbocycles. The average molecular weight is 192 g/mol. The Morgan fingerprint density at radius 2 is 2.00 bits per heavy atom. The van der Waals surface area contributed by atoms with E-state index < -0.39 is 0 Å². The van der Waals surface area contributed by atoms with E-state index in [9.17, 15) is 4.79 Å². The first kappa shape index (κ1) is 10.8. The first-order valence-corrected chi connectivity index (χ1v) is 4.79. The lowest BCUT2D eigenvalue weighted by atomic mass is 10.1. The fourth-order valence-corrected chi connectivity index (χ4v) is 1.25. The van der Waals surface area contributed by atoms with Crippen molar-refractivity contribution in [3.8, 4) is 5.75 Å². The zero-order valence-electron chi connectivity index (χ0n) is 9.13. The summed E-state index contributed by atoms with van der Waals surface area (Å²) in [6.45, 7) is 7.48. The molecule has 1 rings (SSSR count). The molecule has 0 aromatic heterocycles. The second-order valence-electron chi connectivity index (χ2n) is 3.70. The zero-order valence-corrected chi connectivity index (χ0v) is 9.13. The summed E-state index contributed by atoms with van der Waals surface area (Å²) in [4.78, 5) is 11.1. The van der Waals surface area contributed by atoms with Crippen LogP contribution >= 0.6 is 0 Å². The van der Waals surface area contributed by atoms with Gasteiger partial charge in [-0.05, 0) is 51.5 Å². The van der Waals surface area contributed by atoms with E-state index in [4.69, 9.17) is 4.74 Å². The quantitative estimate of drug-likeness (QED) is 0.688. The number of hydrogen-bond donors (Lipinski definition) is 0. The molecule has 0 heterocycles. The highest BCUT2D eigenvalue weighted by Gasteiger charge is 2.05. The summed E-state index contributed by atoms with van der Waals surface area (Å²) >= 11 is 0. The Morgan fingerprint density at radius 1 is 1.36 bits per heavy atom. The molecule has 0 unspecified atom stereocenters. The van der Waals surface area contributed by atoms with Crippen molar-refractivity contribution in [3.05, 3.63) is 29.3 Å². The van der Waals surface area contributed by atoms with Crippen LogP contribution in [-0.4, -0.2) is 11.9 Å². The van der Waals surface area contributed by atoms with Crippen LogP contribution in [0, 0.1) is 6.92 Å². The van der Waals surface area contributed by atoms with Crippen molar-refractivity contribution in [2.45, 2.75) is 33.8 Å². The number of ether oxygens (including phenoxy) is 1. The van der Waals surface area contributed by atoms with E-state index in [0.717, 1.165) is 16.9 Å². The average Bonchev–Trinajstić information content (AvgIpc) is 2.07. The second kappa shape index (κ2) is 4.27. The van der Waals surface area contributed by atoms with Gasteiger partial charge in [-0.1, -0.05) is 0 Å². The van der Waals surface area contributed by atoms with Crippen molar-refractivity contribution >= 4 is 5.78 Å². The van der Waals surface area contributed by atoms with Crippen molar-refractivity contribution in [2.75, 3.05) is 0 Å². The maximum atomic E-state index is 11.1. The molecule has 0 spiro atoms. The highest BCUT2D eigenvalue weighted by Crippen LogP contribution is 2.20. The molecule has 1 aromatic carbocycles. The minimum Gasteiger partial charge on any atom is -0.491 e. The molecular formula is C12H16O2. The van der Waals surface area contributed by atoms with E-state index in [2.05, 4.69) is 0 Å². The van der Waals surface area contributed by atoms with Gasteiger partial charge in [0, 0.05) is 5.56 Å². The van der Waals surface area contributed by atoms with Crippen molar-refractivity contribution in [2.24, 2.45) is 0 Å². The number of ketones is 1. The second-order valence-corrected chi connectivity index (χ2v) is 3.70. The molecular weight excluding hydrogens is 176 g/mol. The van der Waals surface area contributed by atoms with Crippen LogP contribution in [-0.2, 0) is 0 Å². The smallest absolute Gasteiger partial charge is 0.159 e. The van der Waals surface area contributed by atoms with Gasteiger partial charge >= 0.3 is 0 Å². The van der Waals surface area contributed by atoms with Crippen LogP contribution in [0.25, 0.3) is 0 Å². The maximum Gasteiger partial charge on any atom is 0.159 e. The lowest BCUT2D eigenvalue weighted by molar-refractivity contribution is 0.101. The van der Waals surface area contributed by atoms with E-state index in [-0.39, 0.29) is 11.9 Å². The van der Waals surface area contributed by atoms with Crippen LogP contribution in [0.5, 0.6) is 5.75 Å². The third-order valence-electron chi connectivity index (χ3n) is 1.94. The Labute approximate surface area is 84.9 Å². The van der Waals surface area contributed by atoms with Crippen molar-refractivity contribution in [1.29, 1.82) is 0 Å². The number of hydrogen-bond acceptors (Lipinski definition) is 2. The molecule has 14 heavy (non-hydrogen) atoms. The lowest BCUT2D eigenvalue weighted by Gasteiger charge is -2.12. The van der Waals surface area contributed by atoms with Crippen LogP contribution in [0.1, 0.15) is 36.7 Å². The summed E-state index contributed by atoms with van der Waals surface area (Å²) in [5, 5.41) is 0. The minimum absolute atomic E-state index is 0.0872. The third kappa shape index (κ3) is 2.59. The topological polar surface area (TPSA) is 26.3 Å². The molecule has 0 atom stereocenters. The highest BCUT2D eigenvalue weighted by atomic mass is 16.5. The minimum atomic E-state index is 0.0872. The van der Waals surface area contributed by atoms with Gasteiger partial charge in [-0.3, -0.25) is 4.79 Å². The van der Waals surface area contributed by atoms with Gasteiger partial charge in [0.2, 0.25) is 0 Å². The van der Waals surface area contributed by atoms with E-state index >= 15 is 0 Å². The molecule has 2 heteroatoms. The molecule has 0 amide bonds. The molecule has 2 nitrogen and oxygen atoms in total. The van der Waals surface area contributed by atoms with E-state index in [1.807, 2.05) is 32.9 Å². The van der Waals surface area contributed by atoms with E-state index in [0.29, 0.717) is 0 Å². The number of benzene rings is 1. The number of carbonyl (C=O) groups is 1. The molecule has 0 aliphatic rings. The van der Waals surface area contributed by atoms with E-state index in [1.54, 1.807) is 13.0 Å². The molecule has 0 bridgehead atoms. The Balaban J connectivity index is 2.95. The fraction of sp³-hybridized carbons (Fsp3) is 0.417. The SMILES string of the molecule is CC(=O)c1ccc(OC(C)C)c(C)c1. The van der Waals surface area contributed by atoms with Crippen molar-refractivity contribution in [3.63, 3.8) is 0 Å². The van der Waals surface area contributed by atoms with Gasteiger partial charge < -0.3 is 4.74 Å². The van der Waals surface area contributed by atoms with Crippen molar-refractivity contribution in [1.82, 2.24) is 0 Å². The van der Waals surface area contributed by atoms with Crippen LogP contribution in [0.15, 0.2) is 18.2 Å².